The van der Waals surface area contributed by atoms with E-state index in [9.17, 15) is 4.79 Å². The summed E-state index contributed by atoms with van der Waals surface area (Å²) in [6.45, 7) is 4.38. The van der Waals surface area contributed by atoms with E-state index in [0.717, 1.165) is 38.3 Å². The van der Waals surface area contributed by atoms with Gasteiger partial charge >= 0.3 is 5.97 Å². The van der Waals surface area contributed by atoms with E-state index in [2.05, 4.69) is 49.7 Å². The summed E-state index contributed by atoms with van der Waals surface area (Å²) in [5.41, 5.74) is 2.47. The Balaban J connectivity index is 1.76. The van der Waals surface area contributed by atoms with Crippen LogP contribution in [0.2, 0.25) is 0 Å². The molecule has 0 radical (unpaired) electrons. The van der Waals surface area contributed by atoms with Gasteiger partial charge in [-0.25, -0.2) is 0 Å². The number of unbranched alkanes of at least 4 members (excludes halogenated alkanes) is 1. The third-order valence-corrected chi connectivity index (χ3v) is 3.99. The molecule has 0 atom stereocenters. The van der Waals surface area contributed by atoms with Gasteiger partial charge in [-0.05, 0) is 37.8 Å². The first kappa shape index (κ1) is 18.8. The second kappa shape index (κ2) is 10.4. The van der Waals surface area contributed by atoms with Crippen molar-refractivity contribution in [3.63, 3.8) is 0 Å². The average Bonchev–Trinajstić information content (AvgIpc) is 3.04. The molecule has 6 nitrogen and oxygen atoms in total. The molecule has 25 heavy (non-hydrogen) atoms. The molecule has 2 rings (SSSR count). The van der Waals surface area contributed by atoms with Crippen LogP contribution in [-0.4, -0.2) is 43.7 Å². The van der Waals surface area contributed by atoms with Gasteiger partial charge in [-0.1, -0.05) is 18.2 Å². The van der Waals surface area contributed by atoms with Gasteiger partial charge in [-0.15, -0.1) is 0 Å². The third-order valence-electron chi connectivity index (χ3n) is 3.99. The number of para-hydroxylation sites is 1. The van der Waals surface area contributed by atoms with Crippen molar-refractivity contribution in [1.82, 2.24) is 15.6 Å². The maximum atomic E-state index is 11.1. The Bertz CT molecular complexity index is 694. The smallest absolute Gasteiger partial charge is 0.305 e. The maximum Gasteiger partial charge on any atom is 0.305 e. The highest BCUT2D eigenvalue weighted by Crippen LogP contribution is 2.17. The number of guanidine groups is 1. The summed E-state index contributed by atoms with van der Waals surface area (Å²) >= 11 is 0. The topological polar surface area (TPSA) is 78.5 Å². The number of methoxy groups -OCH3 is 1. The van der Waals surface area contributed by atoms with Crippen molar-refractivity contribution in [3.05, 3.63) is 36.0 Å². The van der Waals surface area contributed by atoms with Gasteiger partial charge in [0.05, 0.1) is 7.11 Å². The molecule has 0 bridgehead atoms. The SMILES string of the molecule is CCNC(=NCCCCC(=O)OC)NCCc1c[nH]c2ccccc12. The number of aliphatic imine (C=N–C) groups is 1. The van der Waals surface area contributed by atoms with Gasteiger partial charge in [0, 0.05) is 43.2 Å². The summed E-state index contributed by atoms with van der Waals surface area (Å²) in [5.74, 6) is 0.660. The monoisotopic (exact) mass is 344 g/mol. The van der Waals surface area contributed by atoms with Gasteiger partial charge in [-0.3, -0.25) is 9.79 Å². The first-order valence-electron chi connectivity index (χ1n) is 8.88. The molecule has 0 aliphatic rings. The summed E-state index contributed by atoms with van der Waals surface area (Å²) in [7, 11) is 1.42. The summed E-state index contributed by atoms with van der Waals surface area (Å²) in [5, 5.41) is 7.89. The molecular formula is C19H28N4O2. The number of carbonyl (C=O) groups excluding carboxylic acids is 1. The number of benzene rings is 1. The van der Waals surface area contributed by atoms with Gasteiger partial charge in [-0.2, -0.15) is 0 Å². The lowest BCUT2D eigenvalue weighted by Gasteiger charge is -2.11. The first-order chi connectivity index (χ1) is 12.2. The van der Waals surface area contributed by atoms with Crippen molar-refractivity contribution in [2.45, 2.75) is 32.6 Å². The van der Waals surface area contributed by atoms with Crippen molar-refractivity contribution >= 4 is 22.8 Å². The number of nitrogens with one attached hydrogen (secondary N) is 3. The first-order valence-corrected chi connectivity index (χ1v) is 8.88. The Morgan fingerprint density at radius 1 is 1.24 bits per heavy atom. The Hall–Kier alpha value is -2.50. The molecule has 1 heterocycles. The molecule has 1 aromatic heterocycles. The van der Waals surface area contributed by atoms with Crippen molar-refractivity contribution in [1.29, 1.82) is 0 Å². The Labute approximate surface area is 149 Å². The quantitative estimate of drug-likeness (QED) is 0.283. The Morgan fingerprint density at radius 3 is 2.88 bits per heavy atom. The molecule has 0 aliphatic carbocycles. The van der Waals surface area contributed by atoms with Crippen LogP contribution in [0.1, 0.15) is 31.7 Å². The summed E-state index contributed by atoms with van der Waals surface area (Å²) < 4.78 is 4.63. The van der Waals surface area contributed by atoms with Gasteiger partial charge in [0.15, 0.2) is 5.96 Å². The lowest BCUT2D eigenvalue weighted by molar-refractivity contribution is -0.140. The maximum absolute atomic E-state index is 11.1. The molecule has 0 spiro atoms. The standard InChI is InChI=1S/C19H28N4O2/c1-3-20-19(21-12-7-6-10-18(24)25-2)22-13-11-15-14-23-17-9-5-4-8-16(15)17/h4-5,8-9,14,23H,3,6-7,10-13H2,1-2H3,(H2,20,21,22). The fourth-order valence-electron chi connectivity index (χ4n) is 2.67. The highest BCUT2D eigenvalue weighted by Gasteiger charge is 2.04. The van der Waals surface area contributed by atoms with Crippen LogP contribution in [0.25, 0.3) is 10.9 Å². The minimum Gasteiger partial charge on any atom is -0.469 e. The lowest BCUT2D eigenvalue weighted by Crippen LogP contribution is -2.38. The predicted molar refractivity (Wildman–Crippen MR) is 102 cm³/mol. The third kappa shape index (κ3) is 6.14. The number of carbonyl (C=O) groups is 1. The van der Waals surface area contributed by atoms with Gasteiger partial charge in [0.2, 0.25) is 0 Å². The molecule has 0 amide bonds. The number of hydrogen-bond donors (Lipinski definition) is 3. The zero-order chi connectivity index (χ0) is 17.9. The number of rotatable bonds is 9. The van der Waals surface area contributed by atoms with E-state index in [4.69, 9.17) is 0 Å². The molecule has 2 aromatic rings. The van der Waals surface area contributed by atoms with Crippen LogP contribution in [0, 0.1) is 0 Å². The molecule has 1 aromatic carbocycles. The van der Waals surface area contributed by atoms with Crippen molar-refractivity contribution < 1.29 is 9.53 Å². The number of aromatic amines is 1. The minimum atomic E-state index is -0.159. The van der Waals surface area contributed by atoms with Crippen LogP contribution in [0.3, 0.4) is 0 Å². The van der Waals surface area contributed by atoms with Crippen molar-refractivity contribution in [2.75, 3.05) is 26.7 Å². The molecule has 0 saturated heterocycles. The van der Waals surface area contributed by atoms with Crippen LogP contribution < -0.4 is 10.6 Å². The van der Waals surface area contributed by atoms with Crippen LogP contribution in [-0.2, 0) is 16.0 Å². The van der Waals surface area contributed by atoms with Gasteiger partial charge in [0.1, 0.15) is 0 Å². The molecule has 136 valence electrons. The molecule has 3 N–H and O–H groups in total. The van der Waals surface area contributed by atoms with Crippen LogP contribution in [0.15, 0.2) is 35.5 Å². The highest BCUT2D eigenvalue weighted by atomic mass is 16.5. The lowest BCUT2D eigenvalue weighted by atomic mass is 10.1. The molecular weight excluding hydrogens is 316 g/mol. The zero-order valence-corrected chi connectivity index (χ0v) is 15.1. The molecule has 6 heteroatoms. The predicted octanol–water partition coefficient (Wildman–Crippen LogP) is 2.61. The number of fused-ring (bicyclic) bond motifs is 1. The van der Waals surface area contributed by atoms with Gasteiger partial charge in [0.25, 0.3) is 0 Å². The van der Waals surface area contributed by atoms with Crippen LogP contribution in [0.4, 0.5) is 0 Å². The van der Waals surface area contributed by atoms with Crippen molar-refractivity contribution in [2.24, 2.45) is 4.99 Å². The molecule has 0 unspecified atom stereocenters. The van der Waals surface area contributed by atoms with E-state index in [1.165, 1.54) is 23.6 Å². The van der Waals surface area contributed by atoms with Crippen LogP contribution >= 0.6 is 0 Å². The fraction of sp³-hybridized carbons (Fsp3) is 0.474. The number of H-pyrrole nitrogens is 1. The van der Waals surface area contributed by atoms with E-state index >= 15 is 0 Å². The van der Waals surface area contributed by atoms with E-state index in [0.29, 0.717) is 13.0 Å². The van der Waals surface area contributed by atoms with Crippen molar-refractivity contribution in [3.8, 4) is 0 Å². The highest BCUT2D eigenvalue weighted by molar-refractivity contribution is 5.83. The largest absolute Gasteiger partial charge is 0.469 e. The van der Waals surface area contributed by atoms with E-state index in [1.807, 2.05) is 13.0 Å². The number of ether oxygens (including phenoxy) is 1. The van der Waals surface area contributed by atoms with Gasteiger partial charge < -0.3 is 20.4 Å². The van der Waals surface area contributed by atoms with E-state index in [1.54, 1.807) is 0 Å². The Kier molecular flexibility index (Phi) is 7.82. The molecule has 0 aliphatic heterocycles. The van der Waals surface area contributed by atoms with E-state index in [-0.39, 0.29) is 5.97 Å². The fourth-order valence-corrected chi connectivity index (χ4v) is 2.67. The summed E-state index contributed by atoms with van der Waals surface area (Å²) in [6, 6.07) is 8.33. The molecule has 0 fully saturated rings. The zero-order valence-electron chi connectivity index (χ0n) is 15.1. The summed E-state index contributed by atoms with van der Waals surface area (Å²) in [4.78, 5) is 18.9. The number of nitrogens with zero attached hydrogens (tertiary/aromatic N) is 1. The second-order valence-corrected chi connectivity index (χ2v) is 5.83. The minimum absolute atomic E-state index is 0.159. The molecule has 0 saturated carbocycles. The Morgan fingerprint density at radius 2 is 2.08 bits per heavy atom. The number of hydrogen-bond acceptors (Lipinski definition) is 3. The summed E-state index contributed by atoms with van der Waals surface area (Å²) in [6.07, 6.45) is 5.12. The number of aromatic nitrogens is 1. The number of esters is 1. The normalized spacial score (nSPS) is 11.5. The second-order valence-electron chi connectivity index (χ2n) is 5.83. The average molecular weight is 344 g/mol. The van der Waals surface area contributed by atoms with Crippen LogP contribution in [0.5, 0.6) is 0 Å². The van der Waals surface area contributed by atoms with E-state index < -0.39 is 0 Å².